The van der Waals surface area contributed by atoms with Crippen LogP contribution >= 0.6 is 0 Å². The molecule has 0 radical (unpaired) electrons. The summed E-state index contributed by atoms with van der Waals surface area (Å²) in [6.07, 6.45) is 3.51. The SMILES string of the molecule is Cc1nn(CCC(=O)Nc2cnn(Cc3ccccc3)c2)c(C)c1[N+](=O)[O-]. The van der Waals surface area contributed by atoms with Gasteiger partial charge in [0.25, 0.3) is 0 Å². The van der Waals surface area contributed by atoms with Crippen LogP contribution in [0.2, 0.25) is 0 Å². The Kier molecular flexibility index (Phi) is 5.30. The minimum absolute atomic E-state index is 0.00223. The number of carbonyl (C=O) groups excluding carboxylic acids is 1. The van der Waals surface area contributed by atoms with E-state index in [9.17, 15) is 14.9 Å². The van der Waals surface area contributed by atoms with Gasteiger partial charge in [-0.1, -0.05) is 30.3 Å². The van der Waals surface area contributed by atoms with Gasteiger partial charge in [0.2, 0.25) is 5.91 Å². The van der Waals surface area contributed by atoms with E-state index in [1.54, 1.807) is 30.9 Å². The quantitative estimate of drug-likeness (QED) is 0.509. The first-order chi connectivity index (χ1) is 12.9. The lowest BCUT2D eigenvalue weighted by Gasteiger charge is -2.04. The van der Waals surface area contributed by atoms with Crippen molar-refractivity contribution < 1.29 is 9.72 Å². The van der Waals surface area contributed by atoms with E-state index < -0.39 is 4.92 Å². The Morgan fingerprint density at radius 2 is 2.00 bits per heavy atom. The number of benzene rings is 1. The first-order valence-corrected chi connectivity index (χ1v) is 8.48. The van der Waals surface area contributed by atoms with Crippen LogP contribution in [0.3, 0.4) is 0 Å². The maximum Gasteiger partial charge on any atom is 0.312 e. The highest BCUT2D eigenvalue weighted by atomic mass is 16.6. The van der Waals surface area contributed by atoms with E-state index in [1.807, 2.05) is 30.3 Å². The van der Waals surface area contributed by atoms with Crippen molar-refractivity contribution in [3.8, 4) is 0 Å². The van der Waals surface area contributed by atoms with Crippen LogP contribution in [-0.4, -0.2) is 30.4 Å². The van der Waals surface area contributed by atoms with Gasteiger partial charge in [0.1, 0.15) is 11.4 Å². The highest BCUT2D eigenvalue weighted by Gasteiger charge is 2.21. The molecule has 9 nitrogen and oxygen atoms in total. The number of aryl methyl sites for hydroxylation is 2. The van der Waals surface area contributed by atoms with Gasteiger partial charge in [0, 0.05) is 12.6 Å². The molecule has 3 aromatic rings. The molecule has 1 aromatic carbocycles. The van der Waals surface area contributed by atoms with Crippen molar-refractivity contribution in [2.45, 2.75) is 33.4 Å². The van der Waals surface area contributed by atoms with Crippen molar-refractivity contribution in [3.05, 3.63) is 69.8 Å². The molecule has 3 rings (SSSR count). The Labute approximate surface area is 155 Å². The summed E-state index contributed by atoms with van der Waals surface area (Å²) >= 11 is 0. The molecule has 0 aliphatic carbocycles. The van der Waals surface area contributed by atoms with Gasteiger partial charge in [0.15, 0.2) is 0 Å². The van der Waals surface area contributed by atoms with E-state index in [2.05, 4.69) is 15.5 Å². The molecule has 0 saturated heterocycles. The number of nitro groups is 1. The Bertz CT molecular complexity index is 961. The Morgan fingerprint density at radius 1 is 1.26 bits per heavy atom. The smallest absolute Gasteiger partial charge is 0.312 e. The summed E-state index contributed by atoms with van der Waals surface area (Å²) < 4.78 is 3.24. The Morgan fingerprint density at radius 3 is 2.67 bits per heavy atom. The normalized spacial score (nSPS) is 10.7. The van der Waals surface area contributed by atoms with Crippen molar-refractivity contribution in [1.82, 2.24) is 19.6 Å². The van der Waals surface area contributed by atoms with Crippen LogP contribution in [0.1, 0.15) is 23.4 Å². The van der Waals surface area contributed by atoms with Gasteiger partial charge in [-0.15, -0.1) is 0 Å². The third-order valence-electron chi connectivity index (χ3n) is 4.18. The largest absolute Gasteiger partial charge is 0.323 e. The molecule has 0 aliphatic heterocycles. The predicted octanol–water partition coefficient (Wildman–Crippen LogP) is 2.68. The topological polar surface area (TPSA) is 108 Å². The first-order valence-electron chi connectivity index (χ1n) is 8.48. The van der Waals surface area contributed by atoms with Crippen LogP contribution in [0.25, 0.3) is 0 Å². The van der Waals surface area contributed by atoms with Crippen LogP contribution in [0.4, 0.5) is 11.4 Å². The second-order valence-electron chi connectivity index (χ2n) is 6.21. The third kappa shape index (κ3) is 4.38. The minimum Gasteiger partial charge on any atom is -0.323 e. The molecule has 0 fully saturated rings. The maximum absolute atomic E-state index is 12.2. The minimum atomic E-state index is -0.449. The van der Waals surface area contributed by atoms with E-state index in [4.69, 9.17) is 0 Å². The zero-order valence-corrected chi connectivity index (χ0v) is 15.1. The highest BCUT2D eigenvalue weighted by Crippen LogP contribution is 2.21. The zero-order chi connectivity index (χ0) is 19.4. The fourth-order valence-electron chi connectivity index (χ4n) is 2.89. The van der Waals surface area contributed by atoms with Crippen LogP contribution in [0.15, 0.2) is 42.7 Å². The lowest BCUT2D eigenvalue weighted by atomic mass is 10.2. The molecule has 0 bridgehead atoms. The summed E-state index contributed by atoms with van der Waals surface area (Å²) in [4.78, 5) is 22.8. The molecule has 0 spiro atoms. The molecular weight excluding hydrogens is 348 g/mol. The predicted molar refractivity (Wildman–Crippen MR) is 99.4 cm³/mol. The third-order valence-corrected chi connectivity index (χ3v) is 4.18. The monoisotopic (exact) mass is 368 g/mol. The first kappa shape index (κ1) is 18.3. The summed E-state index contributed by atoms with van der Waals surface area (Å²) in [7, 11) is 0. The van der Waals surface area contributed by atoms with Crippen LogP contribution in [-0.2, 0) is 17.9 Å². The molecule has 0 atom stereocenters. The highest BCUT2D eigenvalue weighted by molar-refractivity contribution is 5.90. The van der Waals surface area contributed by atoms with Gasteiger partial charge >= 0.3 is 5.69 Å². The summed E-state index contributed by atoms with van der Waals surface area (Å²) in [5, 5.41) is 22.2. The number of anilines is 1. The van der Waals surface area contributed by atoms with Gasteiger partial charge < -0.3 is 5.32 Å². The molecule has 0 saturated carbocycles. The second kappa shape index (κ2) is 7.81. The molecule has 2 aromatic heterocycles. The van der Waals surface area contributed by atoms with Crippen LogP contribution in [0.5, 0.6) is 0 Å². The lowest BCUT2D eigenvalue weighted by molar-refractivity contribution is -0.386. The van der Waals surface area contributed by atoms with Crippen LogP contribution in [0, 0.1) is 24.0 Å². The molecule has 2 heterocycles. The maximum atomic E-state index is 12.2. The number of carbonyl (C=O) groups is 1. The van der Waals surface area contributed by atoms with Gasteiger partial charge in [0.05, 0.1) is 29.9 Å². The van der Waals surface area contributed by atoms with Crippen molar-refractivity contribution in [3.63, 3.8) is 0 Å². The summed E-state index contributed by atoms with van der Waals surface area (Å²) in [5.74, 6) is -0.204. The van der Waals surface area contributed by atoms with Crippen LogP contribution < -0.4 is 5.32 Å². The molecule has 0 unspecified atom stereocenters. The van der Waals surface area contributed by atoms with E-state index in [1.165, 1.54) is 4.68 Å². The number of hydrogen-bond acceptors (Lipinski definition) is 5. The molecule has 9 heteroatoms. The number of nitrogens with one attached hydrogen (secondary N) is 1. The summed E-state index contributed by atoms with van der Waals surface area (Å²) in [6.45, 7) is 4.10. The van der Waals surface area contributed by atoms with E-state index >= 15 is 0 Å². The molecule has 0 aliphatic rings. The molecule has 1 N–H and O–H groups in total. The van der Waals surface area contributed by atoms with Gasteiger partial charge in [-0.2, -0.15) is 10.2 Å². The number of aromatic nitrogens is 4. The summed E-state index contributed by atoms with van der Waals surface area (Å²) in [6, 6.07) is 9.90. The van der Waals surface area contributed by atoms with E-state index in [0.717, 1.165) is 5.56 Å². The zero-order valence-electron chi connectivity index (χ0n) is 15.1. The van der Waals surface area contributed by atoms with Crippen molar-refractivity contribution in [1.29, 1.82) is 0 Å². The lowest BCUT2D eigenvalue weighted by Crippen LogP contribution is -2.15. The Hall–Kier alpha value is -3.49. The van der Waals surface area contributed by atoms with Crippen molar-refractivity contribution in [2.75, 3.05) is 5.32 Å². The van der Waals surface area contributed by atoms with E-state index in [-0.39, 0.29) is 24.6 Å². The van der Waals surface area contributed by atoms with Gasteiger partial charge in [-0.05, 0) is 19.4 Å². The second-order valence-corrected chi connectivity index (χ2v) is 6.21. The fourth-order valence-corrected chi connectivity index (χ4v) is 2.89. The molecule has 140 valence electrons. The standard InChI is InChI=1S/C18H20N6O3/c1-13-18(24(26)27)14(2)23(21-13)9-8-17(25)20-16-10-19-22(12-16)11-15-6-4-3-5-7-15/h3-7,10,12H,8-9,11H2,1-2H3,(H,20,25). The Balaban J connectivity index is 1.56. The molecule has 1 amide bonds. The number of nitrogens with zero attached hydrogens (tertiary/aromatic N) is 5. The number of rotatable bonds is 7. The average molecular weight is 368 g/mol. The van der Waals surface area contributed by atoms with Gasteiger partial charge in [-0.25, -0.2) is 0 Å². The number of amides is 1. The average Bonchev–Trinajstić information content (AvgIpc) is 3.17. The fraction of sp³-hybridized carbons (Fsp3) is 0.278. The van der Waals surface area contributed by atoms with E-state index in [0.29, 0.717) is 23.6 Å². The van der Waals surface area contributed by atoms with Crippen molar-refractivity contribution >= 4 is 17.3 Å². The van der Waals surface area contributed by atoms with Gasteiger partial charge in [-0.3, -0.25) is 24.3 Å². The number of hydrogen-bond donors (Lipinski definition) is 1. The summed E-state index contributed by atoms with van der Waals surface area (Å²) in [5.41, 5.74) is 2.51. The molecule has 27 heavy (non-hydrogen) atoms. The molecular formula is C18H20N6O3. The van der Waals surface area contributed by atoms with Crippen molar-refractivity contribution in [2.24, 2.45) is 0 Å².